The van der Waals surface area contributed by atoms with Crippen LogP contribution in [-0.4, -0.2) is 30.1 Å². The Labute approximate surface area is 214 Å². The lowest BCUT2D eigenvalue weighted by molar-refractivity contribution is 0.163. The third kappa shape index (κ3) is 5.15. The van der Waals surface area contributed by atoms with Crippen LogP contribution in [0.5, 0.6) is 0 Å². The summed E-state index contributed by atoms with van der Waals surface area (Å²) in [5.74, 6) is 0.807. The zero-order valence-corrected chi connectivity index (χ0v) is 21.6. The molecule has 0 fully saturated rings. The molecule has 0 saturated carbocycles. The number of tetrazole rings is 1. The van der Waals surface area contributed by atoms with E-state index in [1.54, 1.807) is 11.3 Å². The Balaban J connectivity index is 1.52. The van der Waals surface area contributed by atoms with Gasteiger partial charge in [0, 0.05) is 34.4 Å². The highest BCUT2D eigenvalue weighted by Gasteiger charge is 2.26. The molecule has 1 N–H and O–H groups in total. The smallest absolute Gasteiger partial charge is 0.252 e. The molecule has 1 atom stereocenters. The van der Waals surface area contributed by atoms with Crippen LogP contribution < -0.4 is 5.56 Å². The highest BCUT2D eigenvalue weighted by molar-refractivity contribution is 7.09. The lowest BCUT2D eigenvalue weighted by atomic mass is 10.0. The van der Waals surface area contributed by atoms with Crippen molar-refractivity contribution < 1.29 is 0 Å². The topological polar surface area (TPSA) is 79.7 Å². The molecule has 0 bridgehead atoms. The number of rotatable bonds is 9. The van der Waals surface area contributed by atoms with Gasteiger partial charge in [-0.1, -0.05) is 49.4 Å². The van der Waals surface area contributed by atoms with Crippen molar-refractivity contribution in [1.29, 1.82) is 0 Å². The van der Waals surface area contributed by atoms with Gasteiger partial charge in [0.15, 0.2) is 5.82 Å². The summed E-state index contributed by atoms with van der Waals surface area (Å²) in [5, 5.41) is 15.9. The fraction of sp³-hybridized carbons (Fsp3) is 0.286. The van der Waals surface area contributed by atoms with Gasteiger partial charge in [-0.25, -0.2) is 4.68 Å². The summed E-state index contributed by atoms with van der Waals surface area (Å²) in [4.78, 5) is 19.8. The van der Waals surface area contributed by atoms with Crippen LogP contribution in [0.1, 0.15) is 52.3 Å². The number of H-pyrrole nitrogens is 1. The molecule has 7 nitrogen and oxygen atoms in total. The number of aryl methyl sites for hydroxylation is 2. The van der Waals surface area contributed by atoms with Gasteiger partial charge in [-0.3, -0.25) is 9.69 Å². The number of benzene rings is 2. The fourth-order valence-corrected chi connectivity index (χ4v) is 5.58. The largest absolute Gasteiger partial charge is 0.322 e. The normalized spacial score (nSPS) is 12.4. The standard InChI is InChI=1S/C28H30N6OS/c1-4-26(27-30-31-32-34(27)16-21-9-6-5-7-10-21)33(18-23-11-8-12-36-23)17-22-15-24-20(3)13-19(2)14-25(24)29-28(22)35/h5-15,26H,4,16-18H2,1-3H3,(H,29,35). The van der Waals surface area contributed by atoms with Crippen LogP contribution in [0.15, 0.2) is 70.8 Å². The van der Waals surface area contributed by atoms with E-state index < -0.39 is 0 Å². The molecule has 2 aromatic carbocycles. The van der Waals surface area contributed by atoms with Gasteiger partial charge in [0.1, 0.15) is 0 Å². The van der Waals surface area contributed by atoms with Gasteiger partial charge in [0.05, 0.1) is 12.6 Å². The maximum absolute atomic E-state index is 13.2. The van der Waals surface area contributed by atoms with E-state index in [9.17, 15) is 4.79 Å². The van der Waals surface area contributed by atoms with Crippen LogP contribution in [0.3, 0.4) is 0 Å². The second-order valence-corrected chi connectivity index (χ2v) is 10.3. The number of fused-ring (bicyclic) bond motifs is 1. The van der Waals surface area contributed by atoms with Crippen LogP contribution >= 0.6 is 11.3 Å². The Bertz CT molecular complexity index is 1510. The van der Waals surface area contributed by atoms with Crippen molar-refractivity contribution >= 4 is 22.2 Å². The molecule has 0 radical (unpaired) electrons. The Morgan fingerprint density at radius 1 is 1.06 bits per heavy atom. The molecule has 0 amide bonds. The molecule has 36 heavy (non-hydrogen) atoms. The van der Waals surface area contributed by atoms with Crippen LogP contribution in [0.25, 0.3) is 10.9 Å². The number of aromatic amines is 1. The monoisotopic (exact) mass is 498 g/mol. The van der Waals surface area contributed by atoms with Gasteiger partial charge in [-0.2, -0.15) is 0 Å². The molecule has 0 aliphatic rings. The first-order valence-corrected chi connectivity index (χ1v) is 13.1. The summed E-state index contributed by atoms with van der Waals surface area (Å²) < 4.78 is 1.88. The molecule has 0 spiro atoms. The second-order valence-electron chi connectivity index (χ2n) is 9.26. The molecular weight excluding hydrogens is 468 g/mol. The van der Waals surface area contributed by atoms with Gasteiger partial charge < -0.3 is 4.98 Å². The van der Waals surface area contributed by atoms with Crippen LogP contribution in [0.2, 0.25) is 0 Å². The van der Waals surface area contributed by atoms with Crippen molar-refractivity contribution in [3.8, 4) is 0 Å². The maximum atomic E-state index is 13.2. The fourth-order valence-electron chi connectivity index (χ4n) is 4.85. The number of pyridine rings is 1. The average Bonchev–Trinajstić information content (AvgIpc) is 3.54. The van der Waals surface area contributed by atoms with E-state index in [2.05, 4.69) is 75.0 Å². The van der Waals surface area contributed by atoms with E-state index in [1.165, 1.54) is 4.88 Å². The number of nitrogens with zero attached hydrogens (tertiary/aromatic N) is 5. The Kier molecular flexibility index (Phi) is 7.06. The van der Waals surface area contributed by atoms with Gasteiger partial charge in [0.2, 0.25) is 0 Å². The Morgan fingerprint density at radius 2 is 1.89 bits per heavy atom. The summed E-state index contributed by atoms with van der Waals surface area (Å²) in [7, 11) is 0. The van der Waals surface area contributed by atoms with E-state index in [-0.39, 0.29) is 11.6 Å². The first-order chi connectivity index (χ1) is 17.5. The minimum absolute atomic E-state index is 0.0533. The van der Waals surface area contributed by atoms with Crippen molar-refractivity contribution in [2.24, 2.45) is 0 Å². The minimum Gasteiger partial charge on any atom is -0.322 e. The molecule has 5 aromatic rings. The average molecular weight is 499 g/mol. The summed E-state index contributed by atoms with van der Waals surface area (Å²) in [6.45, 7) is 8.08. The molecule has 5 rings (SSSR count). The lowest BCUT2D eigenvalue weighted by Gasteiger charge is -2.30. The van der Waals surface area contributed by atoms with Gasteiger partial charge in [0.25, 0.3) is 5.56 Å². The molecule has 3 aromatic heterocycles. The third-order valence-corrected chi connectivity index (χ3v) is 7.42. The number of hydrogen-bond donors (Lipinski definition) is 1. The number of thiophene rings is 1. The van der Waals surface area contributed by atoms with Crippen molar-refractivity contribution in [2.45, 2.75) is 52.9 Å². The highest BCUT2D eigenvalue weighted by Crippen LogP contribution is 2.28. The zero-order valence-electron chi connectivity index (χ0n) is 20.8. The third-order valence-electron chi connectivity index (χ3n) is 6.56. The van der Waals surface area contributed by atoms with Crippen LogP contribution in [-0.2, 0) is 19.6 Å². The first kappa shape index (κ1) is 24.1. The van der Waals surface area contributed by atoms with E-state index in [1.807, 2.05) is 41.9 Å². The molecule has 184 valence electrons. The molecule has 3 heterocycles. The first-order valence-electron chi connectivity index (χ1n) is 12.2. The molecule has 0 aliphatic heterocycles. The van der Waals surface area contributed by atoms with Gasteiger partial charge in [-0.05, 0) is 71.0 Å². The molecule has 1 unspecified atom stereocenters. The Morgan fingerprint density at radius 3 is 2.64 bits per heavy atom. The van der Waals surface area contributed by atoms with Crippen molar-refractivity contribution in [3.63, 3.8) is 0 Å². The van der Waals surface area contributed by atoms with Crippen molar-refractivity contribution in [3.05, 3.63) is 109 Å². The second kappa shape index (κ2) is 10.6. The predicted octanol–water partition coefficient (Wildman–Crippen LogP) is 5.39. The lowest BCUT2D eigenvalue weighted by Crippen LogP contribution is -2.32. The van der Waals surface area contributed by atoms with Crippen LogP contribution in [0, 0.1) is 13.8 Å². The minimum atomic E-state index is -0.0555. The molecule has 8 heteroatoms. The number of hydrogen-bond acceptors (Lipinski definition) is 6. The van der Waals surface area contributed by atoms with Crippen LogP contribution in [0.4, 0.5) is 0 Å². The molecular formula is C28H30N6OS. The van der Waals surface area contributed by atoms with E-state index in [4.69, 9.17) is 0 Å². The Hall–Kier alpha value is -3.62. The van der Waals surface area contributed by atoms with E-state index >= 15 is 0 Å². The van der Waals surface area contributed by atoms with E-state index in [0.717, 1.165) is 45.4 Å². The van der Waals surface area contributed by atoms with E-state index in [0.29, 0.717) is 19.6 Å². The summed E-state index contributed by atoms with van der Waals surface area (Å²) >= 11 is 1.72. The van der Waals surface area contributed by atoms with Gasteiger partial charge in [-0.15, -0.1) is 16.4 Å². The SMILES string of the molecule is CCC(c1nnnn1Cc1ccccc1)N(Cc1cccs1)Cc1cc2c(C)cc(C)cc2[nH]c1=O. The van der Waals surface area contributed by atoms with Crippen molar-refractivity contribution in [2.75, 3.05) is 0 Å². The van der Waals surface area contributed by atoms with Crippen molar-refractivity contribution in [1.82, 2.24) is 30.1 Å². The molecule has 0 saturated heterocycles. The maximum Gasteiger partial charge on any atom is 0.252 e. The number of nitrogens with one attached hydrogen (secondary N) is 1. The predicted molar refractivity (Wildman–Crippen MR) is 144 cm³/mol. The summed E-state index contributed by atoms with van der Waals surface area (Å²) in [6, 6.07) is 20.6. The summed E-state index contributed by atoms with van der Waals surface area (Å²) in [6.07, 6.45) is 0.810. The zero-order chi connectivity index (χ0) is 25.1. The molecule has 0 aliphatic carbocycles. The quantitative estimate of drug-likeness (QED) is 0.295. The summed E-state index contributed by atoms with van der Waals surface area (Å²) in [5.41, 5.74) is 5.01. The van der Waals surface area contributed by atoms with Gasteiger partial charge >= 0.3 is 0 Å². The highest BCUT2D eigenvalue weighted by atomic mass is 32.1. The number of aromatic nitrogens is 5.